The summed E-state index contributed by atoms with van der Waals surface area (Å²) in [7, 11) is 2.89. The summed E-state index contributed by atoms with van der Waals surface area (Å²) in [5, 5.41) is 8.71. The number of benzene rings is 1. The Morgan fingerprint density at radius 3 is 2.39 bits per heavy atom. The van der Waals surface area contributed by atoms with Crippen molar-refractivity contribution in [3.8, 4) is 11.5 Å². The zero-order chi connectivity index (χ0) is 13.7. The van der Waals surface area contributed by atoms with Crippen molar-refractivity contribution >= 4 is 5.97 Å². The predicted molar refractivity (Wildman–Crippen MR) is 63.5 cm³/mol. The fourth-order valence-electron chi connectivity index (χ4n) is 1.70. The topological polar surface area (TPSA) is 81.8 Å². The van der Waals surface area contributed by atoms with Gasteiger partial charge in [-0.1, -0.05) is 0 Å². The molecule has 0 aliphatic heterocycles. The molecule has 0 saturated carbocycles. The Morgan fingerprint density at radius 2 is 1.94 bits per heavy atom. The molecule has 0 amide bonds. The summed E-state index contributed by atoms with van der Waals surface area (Å²) in [5.74, 6) is -0.260. The van der Waals surface area contributed by atoms with Gasteiger partial charge >= 0.3 is 5.97 Å². The van der Waals surface area contributed by atoms with Crippen molar-refractivity contribution in [1.82, 2.24) is 0 Å². The van der Waals surface area contributed by atoms with Gasteiger partial charge in [0.25, 0.3) is 0 Å². The molecule has 0 heterocycles. The Bertz CT molecular complexity index is 436. The summed E-state index contributed by atoms with van der Waals surface area (Å²) in [5.41, 5.74) is 6.46. The highest BCUT2D eigenvalue weighted by atomic mass is 19.1. The second kappa shape index (κ2) is 6.20. The lowest BCUT2D eigenvalue weighted by Crippen LogP contribution is -2.17. The molecule has 18 heavy (non-hydrogen) atoms. The summed E-state index contributed by atoms with van der Waals surface area (Å²) in [6.45, 7) is -0.747. The maximum absolute atomic E-state index is 12.9. The number of ether oxygens (including phenoxy) is 2. The molecular weight excluding hydrogens is 241 g/mol. The molecule has 0 bridgehead atoms. The number of rotatable bonds is 6. The average Bonchev–Trinajstić information content (AvgIpc) is 2.36. The van der Waals surface area contributed by atoms with Crippen LogP contribution in [0.2, 0.25) is 0 Å². The Balaban J connectivity index is 3.20. The van der Waals surface area contributed by atoms with Gasteiger partial charge in [-0.2, -0.15) is 0 Å². The van der Waals surface area contributed by atoms with E-state index < -0.39 is 18.7 Å². The van der Waals surface area contributed by atoms with Gasteiger partial charge in [0.2, 0.25) is 0 Å². The van der Waals surface area contributed by atoms with Crippen LogP contribution in [0.15, 0.2) is 12.1 Å². The fourth-order valence-corrected chi connectivity index (χ4v) is 1.70. The molecule has 1 unspecified atom stereocenters. The van der Waals surface area contributed by atoms with Crippen molar-refractivity contribution < 1.29 is 23.8 Å². The Morgan fingerprint density at radius 1 is 1.39 bits per heavy atom. The van der Waals surface area contributed by atoms with Crippen LogP contribution in [-0.4, -0.2) is 25.3 Å². The van der Waals surface area contributed by atoms with Crippen LogP contribution in [-0.2, 0) is 11.5 Å². The van der Waals surface area contributed by atoms with E-state index in [-0.39, 0.29) is 6.42 Å². The SMILES string of the molecule is COc1cc(CF)c(C(N)CC(=O)O)cc1OC. The molecule has 0 radical (unpaired) electrons. The van der Waals surface area contributed by atoms with Crippen molar-refractivity contribution in [2.45, 2.75) is 19.1 Å². The van der Waals surface area contributed by atoms with Crippen molar-refractivity contribution in [3.05, 3.63) is 23.3 Å². The van der Waals surface area contributed by atoms with Gasteiger partial charge in [-0.05, 0) is 23.3 Å². The van der Waals surface area contributed by atoms with E-state index >= 15 is 0 Å². The number of hydrogen-bond donors (Lipinski definition) is 2. The minimum absolute atomic E-state index is 0.275. The molecule has 0 aliphatic carbocycles. The van der Waals surface area contributed by atoms with Gasteiger partial charge in [0.05, 0.1) is 20.6 Å². The summed E-state index contributed by atoms with van der Waals surface area (Å²) >= 11 is 0. The van der Waals surface area contributed by atoms with Crippen LogP contribution < -0.4 is 15.2 Å². The molecule has 0 fully saturated rings. The highest BCUT2D eigenvalue weighted by Crippen LogP contribution is 2.33. The lowest BCUT2D eigenvalue weighted by atomic mass is 9.98. The fraction of sp³-hybridized carbons (Fsp3) is 0.417. The first-order chi connectivity index (χ1) is 8.53. The Hall–Kier alpha value is -1.82. The van der Waals surface area contributed by atoms with Gasteiger partial charge in [0.1, 0.15) is 6.67 Å². The van der Waals surface area contributed by atoms with Gasteiger partial charge in [0, 0.05) is 6.04 Å². The lowest BCUT2D eigenvalue weighted by molar-refractivity contribution is -0.137. The van der Waals surface area contributed by atoms with Crippen molar-refractivity contribution in [2.75, 3.05) is 14.2 Å². The van der Waals surface area contributed by atoms with Gasteiger partial charge in [-0.25, -0.2) is 4.39 Å². The Labute approximate surface area is 104 Å². The van der Waals surface area contributed by atoms with Crippen LogP contribution in [0.4, 0.5) is 4.39 Å². The monoisotopic (exact) mass is 257 g/mol. The molecule has 1 aromatic carbocycles. The van der Waals surface area contributed by atoms with Crippen LogP contribution in [0.3, 0.4) is 0 Å². The number of hydrogen-bond acceptors (Lipinski definition) is 4. The molecule has 0 spiro atoms. The molecule has 1 rings (SSSR count). The van der Waals surface area contributed by atoms with E-state index in [4.69, 9.17) is 20.3 Å². The van der Waals surface area contributed by atoms with Crippen LogP contribution in [0.1, 0.15) is 23.6 Å². The second-order valence-electron chi connectivity index (χ2n) is 3.74. The molecule has 1 aromatic rings. The number of carbonyl (C=O) groups is 1. The van der Waals surface area contributed by atoms with E-state index in [9.17, 15) is 9.18 Å². The molecule has 5 nitrogen and oxygen atoms in total. The van der Waals surface area contributed by atoms with Gasteiger partial charge in [-0.15, -0.1) is 0 Å². The Kier molecular flexibility index (Phi) is 4.91. The summed E-state index contributed by atoms with van der Waals surface area (Å²) in [4.78, 5) is 10.6. The third-order valence-corrected chi connectivity index (χ3v) is 2.58. The molecule has 100 valence electrons. The average molecular weight is 257 g/mol. The third kappa shape index (κ3) is 3.10. The van der Waals surface area contributed by atoms with Crippen molar-refractivity contribution in [2.24, 2.45) is 5.73 Å². The van der Waals surface area contributed by atoms with Crippen LogP contribution in [0.5, 0.6) is 11.5 Å². The summed E-state index contributed by atoms with van der Waals surface area (Å²) in [6.07, 6.45) is -0.275. The third-order valence-electron chi connectivity index (χ3n) is 2.58. The van der Waals surface area contributed by atoms with Crippen LogP contribution >= 0.6 is 0 Å². The smallest absolute Gasteiger partial charge is 0.305 e. The van der Waals surface area contributed by atoms with Crippen molar-refractivity contribution in [3.63, 3.8) is 0 Å². The number of halogens is 1. The summed E-state index contributed by atoms with van der Waals surface area (Å²) in [6, 6.07) is 2.20. The minimum Gasteiger partial charge on any atom is -0.493 e. The number of methoxy groups -OCH3 is 2. The van der Waals surface area contributed by atoms with Crippen LogP contribution in [0.25, 0.3) is 0 Å². The number of carboxylic acid groups (broad SMARTS) is 1. The van der Waals surface area contributed by atoms with E-state index in [1.807, 2.05) is 0 Å². The maximum atomic E-state index is 12.9. The molecule has 6 heteroatoms. The highest BCUT2D eigenvalue weighted by Gasteiger charge is 2.18. The van der Waals surface area contributed by atoms with Crippen LogP contribution in [0, 0.1) is 0 Å². The number of carboxylic acids is 1. The first-order valence-electron chi connectivity index (χ1n) is 5.31. The number of aliphatic carboxylic acids is 1. The lowest BCUT2D eigenvalue weighted by Gasteiger charge is -2.17. The predicted octanol–water partition coefficient (Wildman–Crippen LogP) is 1.65. The number of nitrogens with two attached hydrogens (primary N) is 1. The molecule has 0 aromatic heterocycles. The molecule has 1 atom stereocenters. The van der Waals surface area contributed by atoms with Crippen molar-refractivity contribution in [1.29, 1.82) is 0 Å². The zero-order valence-corrected chi connectivity index (χ0v) is 10.3. The van der Waals surface area contributed by atoms with Gasteiger partial charge in [-0.3, -0.25) is 4.79 Å². The maximum Gasteiger partial charge on any atom is 0.305 e. The quantitative estimate of drug-likeness (QED) is 0.809. The summed E-state index contributed by atoms with van der Waals surface area (Å²) < 4.78 is 23.1. The zero-order valence-electron chi connectivity index (χ0n) is 10.3. The first kappa shape index (κ1) is 14.2. The molecule has 0 saturated heterocycles. The van der Waals surface area contributed by atoms with Gasteiger partial charge < -0.3 is 20.3 Å². The molecule has 3 N–H and O–H groups in total. The minimum atomic E-state index is -1.04. The largest absolute Gasteiger partial charge is 0.493 e. The second-order valence-corrected chi connectivity index (χ2v) is 3.74. The normalized spacial score (nSPS) is 12.0. The molecular formula is C12H16FNO4. The van der Waals surface area contributed by atoms with E-state index in [0.717, 1.165) is 0 Å². The highest BCUT2D eigenvalue weighted by molar-refractivity contribution is 5.68. The van der Waals surface area contributed by atoms with E-state index in [1.165, 1.54) is 26.4 Å². The molecule has 0 aliphatic rings. The first-order valence-corrected chi connectivity index (χ1v) is 5.31. The van der Waals surface area contributed by atoms with E-state index in [0.29, 0.717) is 22.6 Å². The van der Waals surface area contributed by atoms with E-state index in [2.05, 4.69) is 0 Å². The van der Waals surface area contributed by atoms with Gasteiger partial charge in [0.15, 0.2) is 11.5 Å². The van der Waals surface area contributed by atoms with E-state index in [1.54, 1.807) is 0 Å². The standard InChI is InChI=1S/C12H16FNO4/c1-17-10-3-7(6-13)8(4-11(10)18-2)9(14)5-12(15)16/h3-4,9H,5-6,14H2,1-2H3,(H,15,16). The number of alkyl halides is 1.